The van der Waals surface area contributed by atoms with Gasteiger partial charge in [-0.25, -0.2) is 4.39 Å². The number of amides is 1. The molecule has 3 rings (SSSR count). The van der Waals surface area contributed by atoms with E-state index < -0.39 is 5.82 Å². The van der Waals surface area contributed by atoms with Crippen LogP contribution in [-0.4, -0.2) is 11.7 Å². The van der Waals surface area contributed by atoms with Crippen LogP contribution in [0.3, 0.4) is 0 Å². The molecule has 0 saturated heterocycles. The summed E-state index contributed by atoms with van der Waals surface area (Å²) in [7, 11) is 0. The highest BCUT2D eigenvalue weighted by molar-refractivity contribution is 7.10. The average Bonchev–Trinajstić information content (AvgIpc) is 3.09. The number of nitrogens with one attached hydrogen (secondary N) is 1. The van der Waals surface area contributed by atoms with E-state index in [-0.39, 0.29) is 11.7 Å². The molecule has 0 radical (unpaired) electrons. The second-order valence-corrected chi connectivity index (χ2v) is 6.22. The van der Waals surface area contributed by atoms with Gasteiger partial charge in [0.15, 0.2) is 5.78 Å². The Morgan fingerprint density at radius 3 is 2.42 bits per heavy atom. The number of ketones is 1. The second kappa shape index (κ2) is 7.19. The minimum atomic E-state index is -0.405. The summed E-state index contributed by atoms with van der Waals surface area (Å²) in [6, 6.07) is 15.9. The molecule has 0 aliphatic heterocycles. The van der Waals surface area contributed by atoms with Crippen molar-refractivity contribution < 1.29 is 14.0 Å². The first-order chi connectivity index (χ1) is 11.6. The maximum Gasteiger partial charge on any atom is 0.255 e. The fraction of sp³-hybridized carbons (Fsp3) is 0.0526. The molecule has 24 heavy (non-hydrogen) atoms. The van der Waals surface area contributed by atoms with Crippen molar-refractivity contribution in [2.75, 3.05) is 5.32 Å². The van der Waals surface area contributed by atoms with Crippen LogP contribution in [0.25, 0.3) is 0 Å². The molecule has 5 heteroatoms. The van der Waals surface area contributed by atoms with E-state index in [9.17, 15) is 14.0 Å². The molecule has 0 atom stereocenters. The number of carbonyl (C=O) groups excluding carboxylic acids is 2. The van der Waals surface area contributed by atoms with E-state index in [0.29, 0.717) is 23.2 Å². The lowest BCUT2D eigenvalue weighted by molar-refractivity contribution is 0.0994. The molecular formula is C19H14FNO2S. The van der Waals surface area contributed by atoms with E-state index in [2.05, 4.69) is 5.32 Å². The van der Waals surface area contributed by atoms with Crippen LogP contribution in [0.2, 0.25) is 0 Å². The summed E-state index contributed by atoms with van der Waals surface area (Å²) in [6.07, 6.45) is 0.293. The summed E-state index contributed by atoms with van der Waals surface area (Å²) in [5.41, 5.74) is 1.24. The van der Waals surface area contributed by atoms with Crippen molar-refractivity contribution in [3.8, 4) is 0 Å². The lowest BCUT2D eigenvalue weighted by Gasteiger charge is -2.10. The fourth-order valence-corrected chi connectivity index (χ4v) is 3.00. The number of thiophene rings is 1. The van der Waals surface area contributed by atoms with Crippen LogP contribution in [0, 0.1) is 5.82 Å². The van der Waals surface area contributed by atoms with Crippen molar-refractivity contribution in [3.63, 3.8) is 0 Å². The Balaban J connectivity index is 1.80. The molecule has 0 aliphatic carbocycles. The van der Waals surface area contributed by atoms with E-state index in [1.54, 1.807) is 24.3 Å². The molecule has 120 valence electrons. The Morgan fingerprint density at radius 1 is 0.958 bits per heavy atom. The molecule has 1 amide bonds. The molecule has 0 aliphatic rings. The lowest BCUT2D eigenvalue weighted by Crippen LogP contribution is -2.15. The summed E-state index contributed by atoms with van der Waals surface area (Å²) in [6.45, 7) is 0. The maximum absolute atomic E-state index is 13.0. The smallest absolute Gasteiger partial charge is 0.255 e. The first-order valence-corrected chi connectivity index (χ1v) is 8.23. The van der Waals surface area contributed by atoms with Gasteiger partial charge in [-0.1, -0.05) is 18.2 Å². The van der Waals surface area contributed by atoms with E-state index >= 15 is 0 Å². The summed E-state index contributed by atoms with van der Waals surface area (Å²) >= 11 is 1.52. The van der Waals surface area contributed by atoms with Crippen molar-refractivity contribution in [2.45, 2.75) is 6.42 Å². The van der Waals surface area contributed by atoms with Gasteiger partial charge in [0, 0.05) is 22.4 Å². The van der Waals surface area contributed by atoms with Crippen molar-refractivity contribution >= 4 is 28.7 Å². The third-order valence-corrected chi connectivity index (χ3v) is 4.37. The van der Waals surface area contributed by atoms with Crippen molar-refractivity contribution in [1.29, 1.82) is 0 Å². The van der Waals surface area contributed by atoms with Crippen LogP contribution >= 0.6 is 11.3 Å². The number of hydrogen-bond acceptors (Lipinski definition) is 3. The van der Waals surface area contributed by atoms with E-state index in [1.807, 2.05) is 17.5 Å². The average molecular weight is 339 g/mol. The van der Waals surface area contributed by atoms with Crippen molar-refractivity contribution in [1.82, 2.24) is 0 Å². The maximum atomic E-state index is 13.0. The largest absolute Gasteiger partial charge is 0.321 e. The van der Waals surface area contributed by atoms with Gasteiger partial charge in [0.05, 0.1) is 5.69 Å². The SMILES string of the molecule is O=C(Nc1ccccc1C(=O)Cc1cccs1)c1ccc(F)cc1. The van der Waals surface area contributed by atoms with Crippen LogP contribution in [0.5, 0.6) is 0 Å². The molecule has 0 bridgehead atoms. The molecule has 2 aromatic carbocycles. The third-order valence-electron chi connectivity index (χ3n) is 3.50. The fourth-order valence-electron chi connectivity index (χ4n) is 2.30. The summed E-state index contributed by atoms with van der Waals surface area (Å²) in [5.74, 6) is -0.850. The Labute approximate surface area is 142 Å². The highest BCUT2D eigenvalue weighted by atomic mass is 32.1. The number of halogens is 1. The quantitative estimate of drug-likeness (QED) is 0.692. The summed E-state index contributed by atoms with van der Waals surface area (Å²) < 4.78 is 13.0. The van der Waals surface area contributed by atoms with Crippen molar-refractivity contribution in [3.05, 3.63) is 87.9 Å². The predicted molar refractivity (Wildman–Crippen MR) is 93.1 cm³/mol. The minimum Gasteiger partial charge on any atom is -0.321 e. The number of rotatable bonds is 5. The zero-order valence-electron chi connectivity index (χ0n) is 12.7. The first kappa shape index (κ1) is 16.1. The number of para-hydroxylation sites is 1. The van der Waals surface area contributed by atoms with Crippen LogP contribution < -0.4 is 5.32 Å². The molecule has 0 spiro atoms. The predicted octanol–water partition coefficient (Wildman–Crippen LogP) is 4.56. The number of carbonyl (C=O) groups is 2. The number of hydrogen-bond donors (Lipinski definition) is 1. The van der Waals surface area contributed by atoms with Crippen LogP contribution in [0.4, 0.5) is 10.1 Å². The van der Waals surface area contributed by atoms with E-state index in [4.69, 9.17) is 0 Å². The Bertz CT molecular complexity index is 857. The number of Topliss-reactive ketones (excluding diaryl/α,β-unsaturated/α-hetero) is 1. The zero-order valence-corrected chi connectivity index (χ0v) is 13.5. The molecular weight excluding hydrogens is 325 g/mol. The molecule has 1 heterocycles. The van der Waals surface area contributed by atoms with Gasteiger partial charge in [0.1, 0.15) is 5.82 Å². The van der Waals surface area contributed by atoms with Gasteiger partial charge >= 0.3 is 0 Å². The first-order valence-electron chi connectivity index (χ1n) is 7.35. The van der Waals surface area contributed by atoms with E-state index in [1.165, 1.54) is 35.6 Å². The van der Waals surface area contributed by atoms with Crippen LogP contribution in [0.15, 0.2) is 66.0 Å². The van der Waals surface area contributed by atoms with Gasteiger partial charge in [-0.3, -0.25) is 9.59 Å². The number of benzene rings is 2. The molecule has 1 N–H and O–H groups in total. The summed E-state index contributed by atoms with van der Waals surface area (Å²) in [5, 5.41) is 4.65. The van der Waals surface area contributed by atoms with Gasteiger partial charge in [-0.15, -0.1) is 11.3 Å². The second-order valence-electron chi connectivity index (χ2n) is 5.19. The molecule has 0 fully saturated rings. The normalized spacial score (nSPS) is 10.4. The molecule has 1 aromatic heterocycles. The van der Waals surface area contributed by atoms with Crippen LogP contribution in [0.1, 0.15) is 25.6 Å². The van der Waals surface area contributed by atoms with Gasteiger partial charge in [-0.05, 0) is 47.8 Å². The zero-order chi connectivity index (χ0) is 16.9. The van der Waals surface area contributed by atoms with Crippen molar-refractivity contribution in [2.24, 2.45) is 0 Å². The Hall–Kier alpha value is -2.79. The minimum absolute atomic E-state index is 0.0625. The number of anilines is 1. The molecule has 3 aromatic rings. The highest BCUT2D eigenvalue weighted by Gasteiger charge is 2.15. The molecule has 0 saturated carbocycles. The Kier molecular flexibility index (Phi) is 4.82. The van der Waals surface area contributed by atoms with Gasteiger partial charge in [-0.2, -0.15) is 0 Å². The monoisotopic (exact) mass is 339 g/mol. The standard InChI is InChI=1S/C19H14FNO2S/c20-14-9-7-13(8-10-14)19(23)21-17-6-2-1-5-16(17)18(22)12-15-4-3-11-24-15/h1-11H,12H2,(H,21,23). The van der Waals surface area contributed by atoms with E-state index in [0.717, 1.165) is 4.88 Å². The summed E-state index contributed by atoms with van der Waals surface area (Å²) in [4.78, 5) is 25.7. The third kappa shape index (κ3) is 3.75. The van der Waals surface area contributed by atoms with Crippen LogP contribution in [-0.2, 0) is 6.42 Å². The van der Waals surface area contributed by atoms with Gasteiger partial charge in [0.2, 0.25) is 0 Å². The highest BCUT2D eigenvalue weighted by Crippen LogP contribution is 2.20. The van der Waals surface area contributed by atoms with Gasteiger partial charge < -0.3 is 5.32 Å². The Morgan fingerprint density at radius 2 is 1.71 bits per heavy atom. The lowest BCUT2D eigenvalue weighted by atomic mass is 10.0. The van der Waals surface area contributed by atoms with Gasteiger partial charge in [0.25, 0.3) is 5.91 Å². The molecule has 0 unspecified atom stereocenters. The topological polar surface area (TPSA) is 46.2 Å². The molecule has 3 nitrogen and oxygen atoms in total.